The first-order chi connectivity index (χ1) is 16.5. The fraction of sp³-hybridized carbons (Fsp3) is 0.381. The summed E-state index contributed by atoms with van der Waals surface area (Å²) in [4.78, 5) is 32.7. The fourth-order valence-corrected chi connectivity index (χ4v) is 3.28. The van der Waals surface area contributed by atoms with Crippen molar-refractivity contribution in [2.75, 3.05) is 31.2 Å². The molecule has 2 amide bonds. The number of likely N-dealkylation sites (N-methyl/N-ethyl adjacent to an activating group) is 1. The number of alkyl halides is 3. The van der Waals surface area contributed by atoms with Crippen LogP contribution < -0.4 is 27.0 Å². The molecule has 8 N–H and O–H groups in total. The lowest BCUT2D eigenvalue weighted by molar-refractivity contribution is -0.137. The van der Waals surface area contributed by atoms with E-state index in [1.165, 1.54) is 6.07 Å². The Morgan fingerprint density at radius 1 is 1.20 bits per heavy atom. The van der Waals surface area contributed by atoms with Crippen molar-refractivity contribution in [2.45, 2.75) is 31.1 Å². The summed E-state index contributed by atoms with van der Waals surface area (Å²) in [6, 6.07) is 4.68. The van der Waals surface area contributed by atoms with Crippen molar-refractivity contribution in [3.8, 4) is 11.9 Å². The van der Waals surface area contributed by atoms with Gasteiger partial charge in [-0.15, -0.1) is 4.98 Å². The van der Waals surface area contributed by atoms with Crippen molar-refractivity contribution in [3.05, 3.63) is 40.5 Å². The summed E-state index contributed by atoms with van der Waals surface area (Å²) in [5, 5.41) is 27.7. The third-order valence-electron chi connectivity index (χ3n) is 5.28. The van der Waals surface area contributed by atoms with Gasteiger partial charge in [0, 0.05) is 25.2 Å². The van der Waals surface area contributed by atoms with Crippen LogP contribution in [0.1, 0.15) is 39.9 Å². The van der Waals surface area contributed by atoms with Crippen LogP contribution in [0.25, 0.3) is 0 Å². The molecular formula is C21H24F3N8O3+. The average Bonchev–Trinajstić information content (AvgIpc) is 3.57. The molecular weight excluding hydrogens is 469 g/mol. The van der Waals surface area contributed by atoms with Gasteiger partial charge in [-0.05, 0) is 43.7 Å². The number of nitrogens with one attached hydrogen (secondary N) is 4. The smallest absolute Gasteiger partial charge is 0.416 e. The van der Waals surface area contributed by atoms with E-state index in [4.69, 9.17) is 10.8 Å². The van der Waals surface area contributed by atoms with Crippen molar-refractivity contribution in [3.63, 3.8) is 0 Å². The summed E-state index contributed by atoms with van der Waals surface area (Å²) in [5.74, 6) is -1.93. The van der Waals surface area contributed by atoms with Crippen molar-refractivity contribution in [1.82, 2.24) is 25.9 Å². The molecule has 1 aliphatic rings. The zero-order valence-corrected chi connectivity index (χ0v) is 18.6. The maximum Gasteiger partial charge on any atom is 0.416 e. The molecule has 35 heavy (non-hydrogen) atoms. The molecule has 1 heterocycles. The molecule has 2 aromatic rings. The van der Waals surface area contributed by atoms with E-state index in [2.05, 4.69) is 31.2 Å². The lowest BCUT2D eigenvalue weighted by atomic mass is 10.0. The van der Waals surface area contributed by atoms with Crippen molar-refractivity contribution >= 4 is 23.6 Å². The zero-order chi connectivity index (χ0) is 25.8. The molecule has 11 nitrogen and oxygen atoms in total. The Balaban J connectivity index is 1.76. The number of halogens is 3. The van der Waals surface area contributed by atoms with E-state index < -0.39 is 35.0 Å². The number of hydrogen-bond donors (Lipinski definition) is 5. The highest BCUT2D eigenvalue weighted by molar-refractivity contribution is 5.95. The topological polar surface area (TPSA) is 181 Å². The van der Waals surface area contributed by atoms with Crippen molar-refractivity contribution in [2.24, 2.45) is 0 Å². The molecule has 0 bridgehead atoms. The summed E-state index contributed by atoms with van der Waals surface area (Å²) in [7, 11) is 1.67. The summed E-state index contributed by atoms with van der Waals surface area (Å²) < 4.78 is 40.2. The van der Waals surface area contributed by atoms with Gasteiger partial charge in [0.1, 0.15) is 11.6 Å². The Morgan fingerprint density at radius 2 is 1.91 bits per heavy atom. The second kappa shape index (κ2) is 10.0. The molecule has 0 atom stereocenters. The number of nitrogens with two attached hydrogens (primary N) is 1. The number of nitrogen functional groups attached to an aromatic ring is 1. The number of rotatable bonds is 9. The molecule has 0 spiro atoms. The first-order valence-corrected chi connectivity index (χ1v) is 10.5. The molecule has 1 saturated carbocycles. The number of nitrogens with zero attached hydrogens (tertiary/aromatic N) is 3. The lowest BCUT2D eigenvalue weighted by Gasteiger charge is -2.19. The minimum absolute atomic E-state index is 0.0720. The molecule has 1 aromatic carbocycles. The Bertz CT molecular complexity index is 1180. The molecule has 0 saturated heterocycles. The zero-order valence-electron chi connectivity index (χ0n) is 18.6. The van der Waals surface area contributed by atoms with Crippen LogP contribution in [0.15, 0.2) is 18.2 Å². The molecule has 1 aliphatic carbocycles. The van der Waals surface area contributed by atoms with Crippen LogP contribution in [0.2, 0.25) is 0 Å². The molecule has 0 unspecified atom stereocenters. The molecule has 1 aromatic heterocycles. The lowest BCUT2D eigenvalue weighted by Crippen LogP contribution is -2.42. The number of aromatic nitrogens is 2. The highest BCUT2D eigenvalue weighted by Crippen LogP contribution is 2.40. The van der Waals surface area contributed by atoms with Gasteiger partial charge in [-0.3, -0.25) is 9.59 Å². The average molecular weight is 493 g/mol. The number of hydrogen-bond acceptors (Lipinski definition) is 8. The second-order valence-corrected chi connectivity index (χ2v) is 7.93. The van der Waals surface area contributed by atoms with Gasteiger partial charge in [0.2, 0.25) is 17.4 Å². The van der Waals surface area contributed by atoms with E-state index in [-0.39, 0.29) is 41.5 Å². The Kier molecular flexibility index (Phi) is 7.30. The normalized spacial score (nSPS) is 14.0. The minimum atomic E-state index is -4.69. The number of carbonyl (C=O) groups is 2. The predicted molar refractivity (Wildman–Crippen MR) is 119 cm³/mol. The number of anilines is 2. The van der Waals surface area contributed by atoms with Crippen LogP contribution in [0, 0.1) is 11.3 Å². The quantitative estimate of drug-likeness (QED) is 0.249. The SMILES string of the molecule is CNCCNC(=O)c1cc(CNC(=O)C2(Nc3nc(N)nc([OH2+])c3C#N)CC2)cc(C(F)(F)F)c1. The number of amides is 2. The van der Waals surface area contributed by atoms with Crippen LogP contribution in [0.3, 0.4) is 0 Å². The summed E-state index contributed by atoms with van der Waals surface area (Å²) in [6.07, 6.45) is -3.96. The molecule has 3 rings (SSSR count). The van der Waals surface area contributed by atoms with Crippen LogP contribution in [0.4, 0.5) is 24.9 Å². The number of carbonyl (C=O) groups excluding carboxylic acids is 2. The van der Waals surface area contributed by atoms with Gasteiger partial charge in [-0.2, -0.15) is 23.4 Å². The molecule has 0 aliphatic heterocycles. The van der Waals surface area contributed by atoms with Gasteiger partial charge in [-0.1, -0.05) is 0 Å². The van der Waals surface area contributed by atoms with Gasteiger partial charge in [0.15, 0.2) is 5.82 Å². The third-order valence-corrected chi connectivity index (χ3v) is 5.28. The summed E-state index contributed by atoms with van der Waals surface area (Å²) in [5.41, 5.74) is 3.08. The highest BCUT2D eigenvalue weighted by atomic mass is 19.4. The monoisotopic (exact) mass is 493 g/mol. The maximum atomic E-state index is 13.4. The summed E-state index contributed by atoms with van der Waals surface area (Å²) in [6.45, 7) is 0.393. The van der Waals surface area contributed by atoms with Crippen LogP contribution in [0.5, 0.6) is 5.88 Å². The van der Waals surface area contributed by atoms with Crippen LogP contribution in [-0.2, 0) is 17.5 Å². The minimum Gasteiger partial charge on any atom is -0.578 e. The van der Waals surface area contributed by atoms with E-state index in [0.717, 1.165) is 12.1 Å². The van der Waals surface area contributed by atoms with Gasteiger partial charge < -0.3 is 32.1 Å². The second-order valence-electron chi connectivity index (χ2n) is 7.93. The standard InChI is InChI=1S/C21H23F3N8O3/c1-27-4-5-28-16(33)12-6-11(7-13(8-12)21(22,23)24)10-29-18(35)20(2-3-20)32-15-14(9-25)17(34)31-19(26)30-15/h6-8,27H,2-5,10H2,1H3,(H,28,33)(H,29,35)(H4,26,30,31,32,34)/p+1. The van der Waals surface area contributed by atoms with Crippen molar-refractivity contribution < 1.29 is 27.9 Å². The maximum absolute atomic E-state index is 13.4. The van der Waals surface area contributed by atoms with E-state index in [0.29, 0.717) is 19.4 Å². The number of nitriles is 1. The first-order valence-electron chi connectivity index (χ1n) is 10.5. The van der Waals surface area contributed by atoms with Gasteiger partial charge >= 0.3 is 12.1 Å². The summed E-state index contributed by atoms with van der Waals surface area (Å²) >= 11 is 0. The third kappa shape index (κ3) is 6.07. The molecule has 1 fully saturated rings. The Morgan fingerprint density at radius 3 is 2.51 bits per heavy atom. The number of benzene rings is 1. The van der Waals surface area contributed by atoms with Crippen LogP contribution in [-0.4, -0.2) is 52.6 Å². The Labute approximate surface area is 197 Å². The molecule has 186 valence electrons. The van der Waals surface area contributed by atoms with Crippen molar-refractivity contribution in [1.29, 1.82) is 5.26 Å². The fourth-order valence-electron chi connectivity index (χ4n) is 3.28. The van der Waals surface area contributed by atoms with Gasteiger partial charge in [-0.25, -0.2) is 0 Å². The predicted octanol–water partition coefficient (Wildman–Crippen LogP) is 0.597. The van der Waals surface area contributed by atoms with E-state index in [1.807, 2.05) is 0 Å². The Hall–Kier alpha value is -4.12. The van der Waals surface area contributed by atoms with E-state index in [9.17, 15) is 28.0 Å². The van der Waals surface area contributed by atoms with Gasteiger partial charge in [0.25, 0.3) is 5.91 Å². The molecule has 0 radical (unpaired) electrons. The van der Waals surface area contributed by atoms with E-state index in [1.54, 1.807) is 13.1 Å². The van der Waals surface area contributed by atoms with E-state index >= 15 is 0 Å². The molecule has 14 heteroatoms. The largest absolute Gasteiger partial charge is 0.578 e. The van der Waals surface area contributed by atoms with Crippen LogP contribution >= 0.6 is 0 Å². The highest BCUT2D eigenvalue weighted by Gasteiger charge is 2.51. The first kappa shape index (κ1) is 25.5. The van der Waals surface area contributed by atoms with Gasteiger partial charge in [0.05, 0.1) is 5.56 Å².